The molecule has 0 amide bonds. The third kappa shape index (κ3) is 14.1. The molecule has 0 saturated carbocycles. The Hall–Kier alpha value is -5.80. The fourth-order valence-corrected chi connectivity index (χ4v) is 8.27. The summed E-state index contributed by atoms with van der Waals surface area (Å²) in [7, 11) is 6.50. The molecule has 0 atom stereocenters. The highest BCUT2D eigenvalue weighted by molar-refractivity contribution is 5.69. The average Bonchev–Trinajstić information content (AvgIpc) is 3.30. The Bertz CT molecular complexity index is 2270. The summed E-state index contributed by atoms with van der Waals surface area (Å²) in [5.41, 5.74) is 21.6. The molecule has 0 bridgehead atoms. The van der Waals surface area contributed by atoms with Gasteiger partial charge in [0, 0.05) is 50.6 Å². The summed E-state index contributed by atoms with van der Waals surface area (Å²) in [6, 6.07) is 49.6. The van der Waals surface area contributed by atoms with Crippen molar-refractivity contribution in [2.75, 3.05) is 71.9 Å². The molecule has 3 fully saturated rings. The molecular weight excluding hydrogens is 779 g/mol. The van der Waals surface area contributed by atoms with Crippen molar-refractivity contribution >= 4 is 11.4 Å². The van der Waals surface area contributed by atoms with Crippen molar-refractivity contribution in [1.82, 2.24) is 14.7 Å². The van der Waals surface area contributed by atoms with Gasteiger partial charge in [0.15, 0.2) is 0 Å². The van der Waals surface area contributed by atoms with Crippen LogP contribution in [0.3, 0.4) is 0 Å². The lowest BCUT2D eigenvalue weighted by atomic mass is 10.0. The second kappa shape index (κ2) is 22.5. The highest BCUT2D eigenvalue weighted by atomic mass is 16.5. The van der Waals surface area contributed by atoms with E-state index < -0.39 is 0 Å². The van der Waals surface area contributed by atoms with Gasteiger partial charge in [-0.25, -0.2) is 0 Å². The Balaban J connectivity index is 0.000000142. The van der Waals surface area contributed by atoms with Crippen molar-refractivity contribution in [3.8, 4) is 50.6 Å². The number of nitrogens with two attached hydrogens (primary N) is 2. The molecule has 63 heavy (non-hydrogen) atoms. The summed E-state index contributed by atoms with van der Waals surface area (Å²) in [6.07, 6.45) is 7.69. The molecule has 0 radical (unpaired) electrons. The maximum absolute atomic E-state index is 6.14. The lowest BCUT2D eigenvalue weighted by molar-refractivity contribution is 0.114. The van der Waals surface area contributed by atoms with Crippen molar-refractivity contribution < 1.29 is 14.2 Å². The Labute approximate surface area is 376 Å². The molecule has 6 aromatic rings. The first-order valence-corrected chi connectivity index (χ1v) is 22.8. The van der Waals surface area contributed by atoms with Gasteiger partial charge in [-0.1, -0.05) is 90.5 Å². The van der Waals surface area contributed by atoms with E-state index in [9.17, 15) is 0 Å². The van der Waals surface area contributed by atoms with Gasteiger partial charge in [0.1, 0.15) is 35.6 Å². The van der Waals surface area contributed by atoms with Gasteiger partial charge in [0.2, 0.25) is 0 Å². The topological polar surface area (TPSA) is 89.5 Å². The van der Waals surface area contributed by atoms with Crippen molar-refractivity contribution in [2.45, 2.75) is 63.8 Å². The van der Waals surface area contributed by atoms with Crippen LogP contribution in [-0.2, 0) is 0 Å². The highest BCUT2D eigenvalue weighted by Crippen LogP contribution is 2.29. The number of ether oxygens (including phenoxy) is 3. The van der Waals surface area contributed by atoms with Crippen LogP contribution in [-0.4, -0.2) is 93.4 Å². The first-order chi connectivity index (χ1) is 30.6. The Kier molecular flexibility index (Phi) is 16.2. The molecule has 3 saturated heterocycles. The molecule has 4 N–H and O–H groups in total. The standard InChI is InChI=1S/C19H23NO.2C18H22N2O/c1-15-3-5-16(6-4-15)17-7-9-18(10-8-17)21-19-11-13-20(2)14-12-19;1-20-10-8-17(9-11-20)21-18-7-3-5-15(13-18)14-4-2-6-16(19)12-14;1-20-11-9-18(10-12-20)21-17-7-5-14(6-8-17)15-3-2-4-16(19)13-15/h3-10,19H,11-14H2,1-2H3;2-7,12-13,17H,8-11,19H2,1H3;2-8,13,18H,9-12,19H2,1H3. The number of nitrogens with zero attached hydrogens (tertiary/aromatic N) is 3. The normalized spacial score (nSPS) is 16.8. The molecule has 9 rings (SSSR count). The van der Waals surface area contributed by atoms with Crippen LogP contribution in [0.4, 0.5) is 11.4 Å². The minimum Gasteiger partial charge on any atom is -0.490 e. The molecule has 6 aromatic carbocycles. The number of aryl methyl sites for hydroxylation is 1. The van der Waals surface area contributed by atoms with Crippen LogP contribution in [0.5, 0.6) is 17.2 Å². The SMILES string of the molecule is CN1CCC(Oc2ccc(-c3cccc(N)c3)cc2)CC1.CN1CCC(Oc2cccc(-c3cccc(N)c3)c2)CC1.Cc1ccc(-c2ccc(OC3CCN(C)CC3)cc2)cc1. The van der Waals surface area contributed by atoms with Crippen LogP contribution in [0.2, 0.25) is 0 Å². The van der Waals surface area contributed by atoms with E-state index in [-0.39, 0.29) is 0 Å². The summed E-state index contributed by atoms with van der Waals surface area (Å²) in [5, 5.41) is 0. The van der Waals surface area contributed by atoms with Gasteiger partial charge in [-0.15, -0.1) is 0 Å². The molecule has 330 valence electrons. The lowest BCUT2D eigenvalue weighted by Gasteiger charge is -2.29. The molecule has 0 aliphatic carbocycles. The van der Waals surface area contributed by atoms with E-state index in [1.165, 1.54) is 16.7 Å². The van der Waals surface area contributed by atoms with Crippen LogP contribution in [0.25, 0.3) is 33.4 Å². The van der Waals surface area contributed by atoms with Gasteiger partial charge in [0.05, 0.1) is 0 Å². The van der Waals surface area contributed by atoms with E-state index in [0.29, 0.717) is 18.3 Å². The molecule has 3 heterocycles. The maximum atomic E-state index is 6.14. The third-order valence-electron chi connectivity index (χ3n) is 12.3. The summed E-state index contributed by atoms with van der Waals surface area (Å²) in [6.45, 7) is 8.83. The monoisotopic (exact) mass is 846 g/mol. The van der Waals surface area contributed by atoms with Crippen molar-refractivity contribution in [3.05, 3.63) is 151 Å². The van der Waals surface area contributed by atoms with Crippen molar-refractivity contribution in [1.29, 1.82) is 0 Å². The smallest absolute Gasteiger partial charge is 0.120 e. The van der Waals surface area contributed by atoms with E-state index in [0.717, 1.165) is 129 Å². The van der Waals surface area contributed by atoms with Gasteiger partial charge < -0.3 is 40.4 Å². The number of nitrogen functional groups attached to an aromatic ring is 2. The molecule has 0 unspecified atom stereocenters. The van der Waals surface area contributed by atoms with Gasteiger partial charge in [-0.3, -0.25) is 0 Å². The molecule has 8 nitrogen and oxygen atoms in total. The van der Waals surface area contributed by atoms with E-state index in [1.807, 2.05) is 48.5 Å². The molecule has 3 aliphatic heterocycles. The first-order valence-electron chi connectivity index (χ1n) is 22.8. The summed E-state index contributed by atoms with van der Waals surface area (Å²) < 4.78 is 18.3. The second-order valence-corrected chi connectivity index (χ2v) is 17.6. The Morgan fingerprint density at radius 3 is 1.08 bits per heavy atom. The molecular formula is C55H67N5O3. The second-order valence-electron chi connectivity index (χ2n) is 17.6. The quantitative estimate of drug-likeness (QED) is 0.139. The zero-order chi connectivity index (χ0) is 44.0. The largest absolute Gasteiger partial charge is 0.490 e. The number of rotatable bonds is 9. The first kappa shape index (κ1) is 45.2. The Morgan fingerprint density at radius 1 is 0.365 bits per heavy atom. The fraction of sp³-hybridized carbons (Fsp3) is 0.345. The van der Waals surface area contributed by atoms with Crippen LogP contribution < -0.4 is 25.7 Å². The Morgan fingerprint density at radius 2 is 0.683 bits per heavy atom. The lowest BCUT2D eigenvalue weighted by Crippen LogP contribution is -2.35. The van der Waals surface area contributed by atoms with E-state index in [1.54, 1.807) is 0 Å². The van der Waals surface area contributed by atoms with Gasteiger partial charge >= 0.3 is 0 Å². The zero-order valence-electron chi connectivity index (χ0n) is 37.8. The number of benzene rings is 6. The van der Waals surface area contributed by atoms with Gasteiger partial charge in [-0.05, 0) is 161 Å². The van der Waals surface area contributed by atoms with Crippen LogP contribution in [0.15, 0.2) is 146 Å². The number of hydrogen-bond donors (Lipinski definition) is 2. The summed E-state index contributed by atoms with van der Waals surface area (Å²) in [5.74, 6) is 2.89. The van der Waals surface area contributed by atoms with Crippen LogP contribution in [0, 0.1) is 6.92 Å². The predicted molar refractivity (Wildman–Crippen MR) is 263 cm³/mol. The highest BCUT2D eigenvalue weighted by Gasteiger charge is 2.20. The third-order valence-corrected chi connectivity index (χ3v) is 12.3. The number of anilines is 2. The van der Waals surface area contributed by atoms with E-state index >= 15 is 0 Å². The fourth-order valence-electron chi connectivity index (χ4n) is 8.27. The molecule has 0 spiro atoms. The number of piperidine rings is 3. The van der Waals surface area contributed by atoms with Gasteiger partial charge in [-0.2, -0.15) is 0 Å². The van der Waals surface area contributed by atoms with Crippen molar-refractivity contribution in [2.24, 2.45) is 0 Å². The van der Waals surface area contributed by atoms with E-state index in [4.69, 9.17) is 25.7 Å². The molecule has 3 aliphatic rings. The minimum absolute atomic E-state index is 0.331. The zero-order valence-corrected chi connectivity index (χ0v) is 37.8. The minimum atomic E-state index is 0.331. The number of hydrogen-bond acceptors (Lipinski definition) is 8. The van der Waals surface area contributed by atoms with E-state index in [2.05, 4.69) is 140 Å². The maximum Gasteiger partial charge on any atom is 0.120 e. The van der Waals surface area contributed by atoms with Crippen LogP contribution >= 0.6 is 0 Å². The van der Waals surface area contributed by atoms with Crippen LogP contribution in [0.1, 0.15) is 44.1 Å². The number of likely N-dealkylation sites (tertiary alicyclic amines) is 3. The molecule has 8 heteroatoms. The predicted octanol–water partition coefficient (Wildman–Crippen LogP) is 11.0. The summed E-state index contributed by atoms with van der Waals surface area (Å²) >= 11 is 0. The van der Waals surface area contributed by atoms with Gasteiger partial charge in [0.25, 0.3) is 0 Å². The molecule has 0 aromatic heterocycles. The average molecular weight is 846 g/mol. The van der Waals surface area contributed by atoms with Crippen molar-refractivity contribution in [3.63, 3.8) is 0 Å². The summed E-state index contributed by atoms with van der Waals surface area (Å²) in [4.78, 5) is 7.06.